The number of nitrogens with two attached hydrogens (primary N) is 2. The standard InChI is InChI=1S/C26H34N4O4.2H2O/c1-26(17-23(31)32)16-21(30(24(26)33)15-5-8-19-6-3-2-4-7-19)18-34-22-11-9-20(10-12-22)13-14-29-25(27)28;;/h2-4,6-7,9-12,21H,5,8,13-18H2,1H3,(H,31,32)(H4,27,28,29);2*1H2. The van der Waals surface area contributed by atoms with Gasteiger partial charge in [0.15, 0.2) is 5.96 Å². The molecule has 1 amide bonds. The number of amides is 1. The van der Waals surface area contributed by atoms with Gasteiger partial charge in [-0.2, -0.15) is 0 Å². The molecular formula is C26H38N4O6. The number of carbonyl (C=O) groups is 2. The number of benzene rings is 2. The molecule has 3 rings (SSSR count). The molecule has 198 valence electrons. The molecule has 2 aromatic carbocycles. The number of guanidine groups is 1. The van der Waals surface area contributed by atoms with E-state index >= 15 is 0 Å². The molecule has 1 aliphatic rings. The second kappa shape index (κ2) is 14.1. The highest BCUT2D eigenvalue weighted by atomic mass is 16.5. The van der Waals surface area contributed by atoms with Gasteiger partial charge in [-0.3, -0.25) is 14.6 Å². The fourth-order valence-corrected chi connectivity index (χ4v) is 4.50. The van der Waals surface area contributed by atoms with Crippen LogP contribution in [0.5, 0.6) is 5.75 Å². The molecule has 0 aromatic heterocycles. The van der Waals surface area contributed by atoms with Crippen LogP contribution in [-0.4, -0.2) is 64.5 Å². The number of likely N-dealkylation sites (tertiary alicyclic amines) is 1. The van der Waals surface area contributed by atoms with Crippen molar-refractivity contribution in [1.29, 1.82) is 0 Å². The zero-order chi connectivity index (χ0) is 24.6. The Balaban J connectivity index is 0.00000324. The van der Waals surface area contributed by atoms with Crippen LogP contribution in [0.3, 0.4) is 0 Å². The first-order chi connectivity index (χ1) is 16.3. The number of hydrogen-bond acceptors (Lipinski definition) is 4. The van der Waals surface area contributed by atoms with E-state index in [0.29, 0.717) is 31.9 Å². The SMILES string of the molecule is CC1(CC(=O)O)CC(COc2ccc(CCN=C(N)N)cc2)N(CCCc2ccccc2)C1=O.O.O. The van der Waals surface area contributed by atoms with E-state index in [0.717, 1.165) is 24.8 Å². The third-order valence-electron chi connectivity index (χ3n) is 6.21. The van der Waals surface area contributed by atoms with Gasteiger partial charge in [0.2, 0.25) is 5.91 Å². The first-order valence-corrected chi connectivity index (χ1v) is 11.6. The summed E-state index contributed by atoms with van der Waals surface area (Å²) in [6.45, 7) is 3.16. The van der Waals surface area contributed by atoms with E-state index in [4.69, 9.17) is 16.2 Å². The van der Waals surface area contributed by atoms with Gasteiger partial charge in [-0.25, -0.2) is 0 Å². The van der Waals surface area contributed by atoms with Gasteiger partial charge >= 0.3 is 5.97 Å². The Morgan fingerprint density at radius 1 is 1.08 bits per heavy atom. The lowest BCUT2D eigenvalue weighted by Crippen LogP contribution is -2.39. The van der Waals surface area contributed by atoms with Crippen molar-refractivity contribution in [3.8, 4) is 5.75 Å². The molecule has 36 heavy (non-hydrogen) atoms. The summed E-state index contributed by atoms with van der Waals surface area (Å²) in [6, 6.07) is 17.7. The highest BCUT2D eigenvalue weighted by molar-refractivity contribution is 5.88. The van der Waals surface area contributed by atoms with E-state index < -0.39 is 11.4 Å². The highest BCUT2D eigenvalue weighted by Gasteiger charge is 2.49. The molecule has 0 bridgehead atoms. The average Bonchev–Trinajstić information content (AvgIpc) is 3.02. The Kier molecular flexibility index (Phi) is 11.9. The van der Waals surface area contributed by atoms with Crippen molar-refractivity contribution in [2.45, 2.75) is 45.1 Å². The zero-order valence-electron chi connectivity index (χ0n) is 20.7. The van der Waals surface area contributed by atoms with Crippen LogP contribution in [0.2, 0.25) is 0 Å². The van der Waals surface area contributed by atoms with Gasteiger partial charge in [0.25, 0.3) is 0 Å². The van der Waals surface area contributed by atoms with Crippen LogP contribution in [0.1, 0.15) is 37.3 Å². The Hall–Kier alpha value is -3.63. The molecule has 0 spiro atoms. The number of ether oxygens (including phenoxy) is 1. The maximum atomic E-state index is 13.2. The van der Waals surface area contributed by atoms with Crippen LogP contribution >= 0.6 is 0 Å². The Labute approximate surface area is 211 Å². The number of rotatable bonds is 12. The number of aliphatic imine (C=N–C) groups is 1. The lowest BCUT2D eigenvalue weighted by Gasteiger charge is -2.25. The van der Waals surface area contributed by atoms with Gasteiger partial charge in [0.1, 0.15) is 12.4 Å². The van der Waals surface area contributed by atoms with Gasteiger partial charge in [0, 0.05) is 13.1 Å². The average molecular weight is 503 g/mol. The van der Waals surface area contributed by atoms with Gasteiger partial charge in [-0.15, -0.1) is 0 Å². The predicted molar refractivity (Wildman–Crippen MR) is 139 cm³/mol. The Morgan fingerprint density at radius 3 is 2.33 bits per heavy atom. The van der Waals surface area contributed by atoms with Crippen molar-refractivity contribution in [3.63, 3.8) is 0 Å². The maximum absolute atomic E-state index is 13.2. The van der Waals surface area contributed by atoms with Crippen LogP contribution in [0.4, 0.5) is 0 Å². The first kappa shape index (κ1) is 30.4. The van der Waals surface area contributed by atoms with Crippen LogP contribution in [-0.2, 0) is 22.4 Å². The summed E-state index contributed by atoms with van der Waals surface area (Å²) in [4.78, 5) is 30.4. The second-order valence-corrected chi connectivity index (χ2v) is 9.09. The monoisotopic (exact) mass is 502 g/mol. The number of aryl methyl sites for hydroxylation is 1. The molecule has 9 N–H and O–H groups in total. The molecule has 1 fully saturated rings. The summed E-state index contributed by atoms with van der Waals surface area (Å²) in [6.07, 6.45) is 2.66. The van der Waals surface area contributed by atoms with Gasteiger partial charge in [-0.1, -0.05) is 49.4 Å². The summed E-state index contributed by atoms with van der Waals surface area (Å²) in [5, 5.41) is 9.36. The smallest absolute Gasteiger partial charge is 0.304 e. The quantitative estimate of drug-likeness (QED) is 0.285. The summed E-state index contributed by atoms with van der Waals surface area (Å²) in [7, 11) is 0. The lowest BCUT2D eigenvalue weighted by molar-refractivity contribution is -0.146. The van der Waals surface area contributed by atoms with Crippen molar-refractivity contribution in [1.82, 2.24) is 4.90 Å². The van der Waals surface area contributed by atoms with Crippen molar-refractivity contribution in [2.75, 3.05) is 19.7 Å². The van der Waals surface area contributed by atoms with E-state index in [-0.39, 0.29) is 35.3 Å². The van der Waals surface area contributed by atoms with Crippen LogP contribution < -0.4 is 16.2 Å². The molecule has 1 heterocycles. The molecule has 2 atom stereocenters. The molecular weight excluding hydrogens is 464 g/mol. The zero-order valence-corrected chi connectivity index (χ0v) is 20.7. The van der Waals surface area contributed by atoms with E-state index in [1.807, 2.05) is 47.4 Å². The molecule has 0 saturated carbocycles. The minimum Gasteiger partial charge on any atom is -0.491 e. The number of aliphatic carboxylic acids is 1. The first-order valence-electron chi connectivity index (χ1n) is 11.6. The Bertz CT molecular complexity index is 995. The van der Waals surface area contributed by atoms with Crippen LogP contribution in [0.15, 0.2) is 59.6 Å². The van der Waals surface area contributed by atoms with Gasteiger partial charge in [0.05, 0.1) is 17.9 Å². The number of hydrogen-bond donors (Lipinski definition) is 3. The van der Waals surface area contributed by atoms with E-state index in [1.54, 1.807) is 6.92 Å². The number of carbonyl (C=O) groups excluding carboxylic acids is 1. The molecule has 0 radical (unpaired) electrons. The molecule has 2 unspecified atom stereocenters. The number of nitrogens with zero attached hydrogens (tertiary/aromatic N) is 2. The Morgan fingerprint density at radius 2 is 1.72 bits per heavy atom. The normalized spacial score (nSPS) is 18.6. The fourth-order valence-electron chi connectivity index (χ4n) is 4.50. The maximum Gasteiger partial charge on any atom is 0.304 e. The summed E-state index contributed by atoms with van der Waals surface area (Å²) >= 11 is 0. The van der Waals surface area contributed by atoms with E-state index in [9.17, 15) is 14.7 Å². The summed E-state index contributed by atoms with van der Waals surface area (Å²) in [5.74, 6) is -0.284. The highest BCUT2D eigenvalue weighted by Crippen LogP contribution is 2.39. The summed E-state index contributed by atoms with van der Waals surface area (Å²) in [5.41, 5.74) is 12.1. The van der Waals surface area contributed by atoms with Crippen molar-refractivity contribution in [2.24, 2.45) is 21.9 Å². The molecule has 2 aromatic rings. The van der Waals surface area contributed by atoms with Gasteiger partial charge in [-0.05, 0) is 48.9 Å². The van der Waals surface area contributed by atoms with Gasteiger partial charge < -0.3 is 37.2 Å². The molecule has 10 heteroatoms. The third-order valence-corrected chi connectivity index (χ3v) is 6.21. The molecule has 10 nitrogen and oxygen atoms in total. The largest absolute Gasteiger partial charge is 0.491 e. The van der Waals surface area contributed by atoms with E-state index in [1.165, 1.54) is 5.56 Å². The number of carboxylic acid groups (broad SMARTS) is 1. The predicted octanol–water partition coefficient (Wildman–Crippen LogP) is 0.947. The van der Waals surface area contributed by atoms with Crippen molar-refractivity contribution in [3.05, 3.63) is 65.7 Å². The lowest BCUT2D eigenvalue weighted by atomic mass is 9.84. The number of carboxylic acids is 1. The summed E-state index contributed by atoms with van der Waals surface area (Å²) < 4.78 is 6.02. The molecule has 0 aliphatic carbocycles. The second-order valence-electron chi connectivity index (χ2n) is 9.09. The molecule has 1 saturated heterocycles. The fraction of sp³-hybridized carbons (Fsp3) is 0.423. The minimum atomic E-state index is -0.960. The van der Waals surface area contributed by atoms with Crippen molar-refractivity contribution < 1.29 is 30.4 Å². The third kappa shape index (κ3) is 8.54. The minimum absolute atomic E-state index is 0. The molecule has 1 aliphatic heterocycles. The van der Waals surface area contributed by atoms with Crippen LogP contribution in [0.25, 0.3) is 0 Å². The topological polar surface area (TPSA) is 194 Å². The van der Waals surface area contributed by atoms with E-state index in [2.05, 4.69) is 17.1 Å². The van der Waals surface area contributed by atoms with Crippen LogP contribution in [0, 0.1) is 5.41 Å². The van der Waals surface area contributed by atoms with Crippen molar-refractivity contribution >= 4 is 17.8 Å².